The Kier molecular flexibility index (Phi) is 3.47. The Morgan fingerprint density at radius 3 is 2.67 bits per heavy atom. The Balaban J connectivity index is 2.14. The minimum Gasteiger partial charge on any atom is -0.363 e. The highest BCUT2D eigenvalue weighted by molar-refractivity contribution is 5.45. The van der Waals surface area contributed by atoms with Crippen LogP contribution >= 0.6 is 0 Å². The van der Waals surface area contributed by atoms with Crippen LogP contribution in [0.5, 0.6) is 0 Å². The van der Waals surface area contributed by atoms with Crippen molar-refractivity contribution in [3.05, 3.63) is 58.5 Å². The Morgan fingerprint density at radius 2 is 2.00 bits per heavy atom. The first-order chi connectivity index (χ1) is 8.66. The van der Waals surface area contributed by atoms with E-state index in [9.17, 15) is 10.1 Å². The highest BCUT2D eigenvalue weighted by Crippen LogP contribution is 2.20. The first-order valence-electron chi connectivity index (χ1n) is 5.44. The van der Waals surface area contributed by atoms with Gasteiger partial charge in [-0.15, -0.1) is 0 Å². The van der Waals surface area contributed by atoms with Crippen LogP contribution < -0.4 is 5.32 Å². The number of aromatic nitrogens is 2. The summed E-state index contributed by atoms with van der Waals surface area (Å²) in [7, 11) is 0. The first-order valence-corrected chi connectivity index (χ1v) is 5.44. The van der Waals surface area contributed by atoms with Gasteiger partial charge in [-0.3, -0.25) is 15.1 Å². The van der Waals surface area contributed by atoms with Crippen LogP contribution in [-0.4, -0.2) is 14.9 Å². The Bertz CT molecular complexity index is 545. The van der Waals surface area contributed by atoms with Gasteiger partial charge in [0.2, 0.25) is 0 Å². The third-order valence-electron chi connectivity index (χ3n) is 2.52. The normalized spacial score (nSPS) is 11.8. The molecule has 1 atom stereocenters. The molecular formula is C12H12N4O2. The van der Waals surface area contributed by atoms with E-state index in [0.717, 1.165) is 5.56 Å². The van der Waals surface area contributed by atoms with Gasteiger partial charge in [-0.05, 0) is 24.6 Å². The molecule has 6 nitrogen and oxygen atoms in total. The van der Waals surface area contributed by atoms with Crippen LogP contribution in [0.3, 0.4) is 0 Å². The van der Waals surface area contributed by atoms with Gasteiger partial charge in [-0.2, -0.15) is 0 Å². The lowest BCUT2D eigenvalue weighted by molar-refractivity contribution is -0.384. The van der Waals surface area contributed by atoms with Crippen LogP contribution in [0.15, 0.2) is 42.9 Å². The molecular weight excluding hydrogens is 232 g/mol. The van der Waals surface area contributed by atoms with Crippen LogP contribution in [0.4, 0.5) is 11.5 Å². The summed E-state index contributed by atoms with van der Waals surface area (Å²) >= 11 is 0. The summed E-state index contributed by atoms with van der Waals surface area (Å²) in [6, 6.07) is 6.55. The fraction of sp³-hybridized carbons (Fsp3) is 0.167. The SMILES string of the molecule is CC(Nc1cc([N+](=O)[O-])ccn1)c1ccncc1. The fourth-order valence-electron chi connectivity index (χ4n) is 1.57. The van der Waals surface area contributed by atoms with E-state index in [4.69, 9.17) is 0 Å². The van der Waals surface area contributed by atoms with Gasteiger partial charge < -0.3 is 5.32 Å². The maximum absolute atomic E-state index is 10.7. The minimum absolute atomic E-state index is 0.00232. The van der Waals surface area contributed by atoms with Gasteiger partial charge in [0, 0.05) is 24.7 Å². The zero-order valence-corrected chi connectivity index (χ0v) is 9.78. The standard InChI is InChI=1S/C12H12N4O2/c1-9(10-2-5-13-6-3-10)15-12-8-11(16(17)18)4-7-14-12/h2-9H,1H3,(H,14,15). The van der Waals surface area contributed by atoms with Crippen molar-refractivity contribution in [3.63, 3.8) is 0 Å². The minimum atomic E-state index is -0.441. The lowest BCUT2D eigenvalue weighted by Gasteiger charge is -2.14. The monoisotopic (exact) mass is 244 g/mol. The molecule has 2 aromatic heterocycles. The van der Waals surface area contributed by atoms with E-state index in [1.54, 1.807) is 12.4 Å². The molecule has 1 unspecified atom stereocenters. The molecule has 2 heterocycles. The smallest absolute Gasteiger partial charge is 0.274 e. The molecule has 6 heteroatoms. The lowest BCUT2D eigenvalue weighted by atomic mass is 10.1. The fourth-order valence-corrected chi connectivity index (χ4v) is 1.57. The molecule has 0 aliphatic rings. The van der Waals surface area contributed by atoms with E-state index >= 15 is 0 Å². The molecule has 18 heavy (non-hydrogen) atoms. The quantitative estimate of drug-likeness (QED) is 0.660. The topological polar surface area (TPSA) is 81.0 Å². The Morgan fingerprint density at radius 1 is 1.28 bits per heavy atom. The summed E-state index contributed by atoms with van der Waals surface area (Å²) in [5.41, 5.74) is 1.06. The van der Waals surface area contributed by atoms with Crippen molar-refractivity contribution in [2.45, 2.75) is 13.0 Å². The molecule has 92 valence electrons. The average molecular weight is 244 g/mol. The van der Waals surface area contributed by atoms with E-state index in [0.29, 0.717) is 5.82 Å². The number of hydrogen-bond donors (Lipinski definition) is 1. The molecule has 0 saturated heterocycles. The van der Waals surface area contributed by atoms with Gasteiger partial charge >= 0.3 is 0 Å². The van der Waals surface area contributed by atoms with Crippen LogP contribution in [0.1, 0.15) is 18.5 Å². The zero-order valence-electron chi connectivity index (χ0n) is 9.78. The number of pyridine rings is 2. The van der Waals surface area contributed by atoms with E-state index < -0.39 is 4.92 Å². The molecule has 0 aromatic carbocycles. The third-order valence-corrected chi connectivity index (χ3v) is 2.52. The van der Waals surface area contributed by atoms with Crippen molar-refractivity contribution in [1.82, 2.24) is 9.97 Å². The van der Waals surface area contributed by atoms with Crippen LogP contribution in [0, 0.1) is 10.1 Å². The second-order valence-corrected chi connectivity index (χ2v) is 3.80. The van der Waals surface area contributed by atoms with E-state index in [1.165, 1.54) is 18.3 Å². The van der Waals surface area contributed by atoms with Crippen molar-refractivity contribution >= 4 is 11.5 Å². The van der Waals surface area contributed by atoms with Crippen molar-refractivity contribution in [3.8, 4) is 0 Å². The molecule has 0 aliphatic heterocycles. The van der Waals surface area contributed by atoms with Gasteiger partial charge in [0.05, 0.1) is 17.0 Å². The van der Waals surface area contributed by atoms with Gasteiger partial charge in [0.1, 0.15) is 5.82 Å². The molecule has 0 saturated carbocycles. The average Bonchev–Trinajstić information content (AvgIpc) is 2.40. The number of hydrogen-bond acceptors (Lipinski definition) is 5. The van der Waals surface area contributed by atoms with Gasteiger partial charge in [0.15, 0.2) is 0 Å². The highest BCUT2D eigenvalue weighted by Gasteiger charge is 2.09. The van der Waals surface area contributed by atoms with E-state index in [-0.39, 0.29) is 11.7 Å². The highest BCUT2D eigenvalue weighted by atomic mass is 16.6. The molecule has 1 N–H and O–H groups in total. The van der Waals surface area contributed by atoms with E-state index in [2.05, 4.69) is 15.3 Å². The summed E-state index contributed by atoms with van der Waals surface area (Å²) in [5, 5.41) is 13.8. The molecule has 2 aromatic rings. The van der Waals surface area contributed by atoms with Crippen molar-refractivity contribution in [2.75, 3.05) is 5.32 Å². The Labute approximate surface area is 104 Å². The molecule has 0 bridgehead atoms. The predicted molar refractivity (Wildman–Crippen MR) is 67.2 cm³/mol. The zero-order chi connectivity index (χ0) is 13.0. The maximum atomic E-state index is 10.7. The number of rotatable bonds is 4. The third kappa shape index (κ3) is 2.79. The predicted octanol–water partition coefficient (Wildman–Crippen LogP) is 2.56. The lowest BCUT2D eigenvalue weighted by Crippen LogP contribution is -2.08. The molecule has 2 rings (SSSR count). The summed E-state index contributed by atoms with van der Waals surface area (Å²) in [6.07, 6.45) is 4.82. The van der Waals surface area contributed by atoms with Crippen molar-refractivity contribution < 1.29 is 4.92 Å². The van der Waals surface area contributed by atoms with Gasteiger partial charge in [-0.1, -0.05) is 0 Å². The van der Waals surface area contributed by atoms with Gasteiger partial charge in [-0.25, -0.2) is 4.98 Å². The summed E-state index contributed by atoms with van der Waals surface area (Å²) in [6.45, 7) is 1.95. The summed E-state index contributed by atoms with van der Waals surface area (Å²) in [5.74, 6) is 0.480. The van der Waals surface area contributed by atoms with Crippen molar-refractivity contribution in [1.29, 1.82) is 0 Å². The Hall–Kier alpha value is -2.50. The number of nitrogens with zero attached hydrogens (tertiary/aromatic N) is 3. The number of nitro groups is 1. The van der Waals surface area contributed by atoms with Crippen molar-refractivity contribution in [2.24, 2.45) is 0 Å². The first kappa shape index (κ1) is 12.0. The van der Waals surface area contributed by atoms with Crippen LogP contribution in [0.2, 0.25) is 0 Å². The van der Waals surface area contributed by atoms with Gasteiger partial charge in [0.25, 0.3) is 5.69 Å². The molecule has 0 fully saturated rings. The number of anilines is 1. The second-order valence-electron chi connectivity index (χ2n) is 3.80. The summed E-state index contributed by atoms with van der Waals surface area (Å²) < 4.78 is 0. The van der Waals surface area contributed by atoms with Crippen LogP contribution in [0.25, 0.3) is 0 Å². The largest absolute Gasteiger partial charge is 0.363 e. The number of nitrogens with one attached hydrogen (secondary N) is 1. The summed E-state index contributed by atoms with van der Waals surface area (Å²) in [4.78, 5) is 18.2. The molecule has 0 radical (unpaired) electrons. The molecule has 0 amide bonds. The maximum Gasteiger partial charge on any atom is 0.274 e. The second kappa shape index (κ2) is 5.22. The molecule has 0 spiro atoms. The molecule has 0 aliphatic carbocycles. The van der Waals surface area contributed by atoms with Crippen LogP contribution in [-0.2, 0) is 0 Å². The van der Waals surface area contributed by atoms with E-state index in [1.807, 2.05) is 19.1 Å².